The first-order chi connectivity index (χ1) is 8.22. The van der Waals surface area contributed by atoms with Crippen molar-refractivity contribution in [2.75, 3.05) is 5.73 Å². The first-order valence-corrected chi connectivity index (χ1v) is 5.10. The molecule has 0 radical (unpaired) electrons. The van der Waals surface area contributed by atoms with Crippen LogP contribution in [0, 0.1) is 11.3 Å². The predicted molar refractivity (Wildman–Crippen MR) is 61.3 cm³/mol. The van der Waals surface area contributed by atoms with Gasteiger partial charge in [-0.3, -0.25) is 4.68 Å². The molecular weight excluding hydrogens is 218 g/mol. The third-order valence-corrected chi connectivity index (χ3v) is 2.16. The van der Waals surface area contributed by atoms with E-state index in [1.807, 2.05) is 13.0 Å². The van der Waals surface area contributed by atoms with Crippen LogP contribution < -0.4 is 10.5 Å². The van der Waals surface area contributed by atoms with Crippen molar-refractivity contribution in [1.29, 1.82) is 5.26 Å². The standard InChI is InChI=1S/C11H11N5O/c1-2-16-7-8(6-14-16)17-11-4-3-9(13)10(5-12)15-11/h3-4,6-7H,2,13H2,1H3. The van der Waals surface area contributed by atoms with Crippen molar-refractivity contribution < 1.29 is 4.74 Å². The molecular formula is C11H11N5O. The van der Waals surface area contributed by atoms with Crippen molar-refractivity contribution in [2.45, 2.75) is 13.5 Å². The smallest absolute Gasteiger partial charge is 0.220 e. The van der Waals surface area contributed by atoms with E-state index in [-0.39, 0.29) is 5.69 Å². The molecule has 6 nitrogen and oxygen atoms in total. The molecule has 0 aromatic carbocycles. The van der Waals surface area contributed by atoms with E-state index in [9.17, 15) is 0 Å². The SMILES string of the molecule is CCn1cc(Oc2ccc(N)c(C#N)n2)cn1. The van der Waals surface area contributed by atoms with Crippen LogP contribution >= 0.6 is 0 Å². The van der Waals surface area contributed by atoms with Gasteiger partial charge in [-0.05, 0) is 13.0 Å². The first-order valence-electron chi connectivity index (χ1n) is 5.10. The summed E-state index contributed by atoms with van der Waals surface area (Å²) in [4.78, 5) is 3.98. The van der Waals surface area contributed by atoms with Crippen molar-refractivity contribution in [3.63, 3.8) is 0 Å². The molecule has 0 fully saturated rings. The number of nitriles is 1. The maximum absolute atomic E-state index is 8.79. The van der Waals surface area contributed by atoms with Gasteiger partial charge in [-0.25, -0.2) is 4.98 Å². The minimum atomic E-state index is 0.158. The second kappa shape index (κ2) is 4.53. The highest BCUT2D eigenvalue weighted by molar-refractivity contribution is 5.51. The molecule has 86 valence electrons. The number of nitrogens with two attached hydrogens (primary N) is 1. The van der Waals surface area contributed by atoms with Crippen LogP contribution in [0.2, 0.25) is 0 Å². The van der Waals surface area contributed by atoms with E-state index in [1.165, 1.54) is 0 Å². The summed E-state index contributed by atoms with van der Waals surface area (Å²) in [5.74, 6) is 0.902. The molecule has 0 spiro atoms. The fraction of sp³-hybridized carbons (Fsp3) is 0.182. The van der Waals surface area contributed by atoms with Crippen molar-refractivity contribution in [1.82, 2.24) is 14.8 Å². The first kappa shape index (κ1) is 11.0. The highest BCUT2D eigenvalue weighted by Gasteiger charge is 2.05. The molecule has 0 saturated carbocycles. The van der Waals surface area contributed by atoms with Gasteiger partial charge >= 0.3 is 0 Å². The minimum absolute atomic E-state index is 0.158. The number of ether oxygens (including phenoxy) is 1. The van der Waals surface area contributed by atoms with Crippen molar-refractivity contribution in [2.24, 2.45) is 0 Å². The van der Waals surface area contributed by atoms with E-state index >= 15 is 0 Å². The lowest BCUT2D eigenvalue weighted by molar-refractivity contribution is 0.461. The Kier molecular flexibility index (Phi) is 2.92. The second-order valence-corrected chi connectivity index (χ2v) is 3.33. The average Bonchev–Trinajstić information content (AvgIpc) is 2.79. The average molecular weight is 229 g/mol. The van der Waals surface area contributed by atoms with Gasteiger partial charge in [-0.2, -0.15) is 10.4 Å². The number of hydrogen-bond acceptors (Lipinski definition) is 5. The highest BCUT2D eigenvalue weighted by Crippen LogP contribution is 2.20. The molecule has 2 aromatic heterocycles. The molecule has 0 amide bonds. The van der Waals surface area contributed by atoms with Crippen LogP contribution in [-0.2, 0) is 6.54 Å². The summed E-state index contributed by atoms with van der Waals surface area (Å²) in [6.07, 6.45) is 3.34. The maximum Gasteiger partial charge on any atom is 0.220 e. The Morgan fingerprint density at radius 3 is 3.00 bits per heavy atom. The van der Waals surface area contributed by atoms with Crippen LogP contribution in [0.1, 0.15) is 12.6 Å². The van der Waals surface area contributed by atoms with Gasteiger partial charge in [-0.1, -0.05) is 0 Å². The lowest BCUT2D eigenvalue weighted by atomic mass is 10.3. The fourth-order valence-corrected chi connectivity index (χ4v) is 1.29. The molecule has 0 aliphatic rings. The number of nitrogen functional groups attached to an aromatic ring is 1. The van der Waals surface area contributed by atoms with Crippen LogP contribution in [0.25, 0.3) is 0 Å². The van der Waals surface area contributed by atoms with E-state index in [2.05, 4.69) is 10.1 Å². The Hall–Kier alpha value is -2.55. The molecule has 2 rings (SSSR count). The number of nitrogens with zero attached hydrogens (tertiary/aromatic N) is 4. The van der Waals surface area contributed by atoms with Crippen molar-refractivity contribution >= 4 is 5.69 Å². The number of rotatable bonds is 3. The largest absolute Gasteiger partial charge is 0.436 e. The second-order valence-electron chi connectivity index (χ2n) is 3.33. The molecule has 0 aliphatic carbocycles. The fourth-order valence-electron chi connectivity index (χ4n) is 1.29. The van der Waals surface area contributed by atoms with Gasteiger partial charge in [0, 0.05) is 12.6 Å². The minimum Gasteiger partial charge on any atom is -0.436 e. The van der Waals surface area contributed by atoms with Crippen LogP contribution in [-0.4, -0.2) is 14.8 Å². The van der Waals surface area contributed by atoms with Crippen molar-refractivity contribution in [3.8, 4) is 17.7 Å². The van der Waals surface area contributed by atoms with Crippen LogP contribution in [0.15, 0.2) is 24.5 Å². The summed E-state index contributed by atoms with van der Waals surface area (Å²) in [6.45, 7) is 2.74. The number of anilines is 1. The number of hydrogen-bond donors (Lipinski definition) is 1. The summed E-state index contributed by atoms with van der Waals surface area (Å²) in [5.41, 5.74) is 6.06. The van der Waals surface area contributed by atoms with Gasteiger partial charge < -0.3 is 10.5 Å². The van der Waals surface area contributed by atoms with Crippen LogP contribution in [0.5, 0.6) is 11.6 Å². The maximum atomic E-state index is 8.79. The number of aromatic nitrogens is 3. The van der Waals surface area contributed by atoms with Gasteiger partial charge in [-0.15, -0.1) is 0 Å². The monoisotopic (exact) mass is 229 g/mol. The molecule has 0 atom stereocenters. The normalized spacial score (nSPS) is 9.88. The van der Waals surface area contributed by atoms with E-state index < -0.39 is 0 Å². The molecule has 2 aromatic rings. The van der Waals surface area contributed by atoms with Crippen molar-refractivity contribution in [3.05, 3.63) is 30.2 Å². The zero-order valence-electron chi connectivity index (χ0n) is 9.29. The van der Waals surface area contributed by atoms with Gasteiger partial charge in [0.2, 0.25) is 5.88 Å². The number of aryl methyl sites for hydroxylation is 1. The Bertz CT molecular complexity index is 569. The molecule has 0 bridgehead atoms. The number of pyridine rings is 1. The summed E-state index contributed by atoms with van der Waals surface area (Å²) in [7, 11) is 0. The zero-order chi connectivity index (χ0) is 12.3. The molecule has 6 heteroatoms. The van der Waals surface area contributed by atoms with Gasteiger partial charge in [0.15, 0.2) is 11.4 Å². The third-order valence-electron chi connectivity index (χ3n) is 2.16. The Morgan fingerprint density at radius 1 is 1.53 bits per heavy atom. The summed E-state index contributed by atoms with van der Waals surface area (Å²) in [6, 6.07) is 5.10. The quantitative estimate of drug-likeness (QED) is 0.862. The topological polar surface area (TPSA) is 89.8 Å². The summed E-state index contributed by atoms with van der Waals surface area (Å²) in [5, 5.41) is 12.9. The molecule has 0 saturated heterocycles. The lowest BCUT2D eigenvalue weighted by Crippen LogP contribution is -1.96. The Balaban J connectivity index is 2.21. The molecule has 2 N–H and O–H groups in total. The summed E-state index contributed by atoms with van der Waals surface area (Å²) < 4.78 is 7.19. The highest BCUT2D eigenvalue weighted by atomic mass is 16.5. The zero-order valence-corrected chi connectivity index (χ0v) is 9.29. The molecule has 2 heterocycles. The summed E-state index contributed by atoms with van der Waals surface area (Å²) >= 11 is 0. The van der Waals surface area contributed by atoms with E-state index in [4.69, 9.17) is 15.7 Å². The van der Waals surface area contributed by atoms with Crippen LogP contribution in [0.4, 0.5) is 5.69 Å². The van der Waals surface area contributed by atoms with Crippen LogP contribution in [0.3, 0.4) is 0 Å². The Morgan fingerprint density at radius 2 is 2.35 bits per heavy atom. The molecule has 0 unspecified atom stereocenters. The molecule has 0 aliphatic heterocycles. The van der Waals surface area contributed by atoms with E-state index in [1.54, 1.807) is 29.2 Å². The predicted octanol–water partition coefficient (Wildman–Crippen LogP) is 1.54. The van der Waals surface area contributed by atoms with Gasteiger partial charge in [0.05, 0.1) is 18.1 Å². The lowest BCUT2D eigenvalue weighted by Gasteiger charge is -2.02. The molecule has 17 heavy (non-hydrogen) atoms. The Labute approximate surface area is 98.3 Å². The van der Waals surface area contributed by atoms with Gasteiger partial charge in [0.1, 0.15) is 6.07 Å². The third kappa shape index (κ3) is 2.34. The van der Waals surface area contributed by atoms with E-state index in [0.29, 0.717) is 17.3 Å². The van der Waals surface area contributed by atoms with Gasteiger partial charge in [0.25, 0.3) is 0 Å². The van der Waals surface area contributed by atoms with E-state index in [0.717, 1.165) is 6.54 Å².